The summed E-state index contributed by atoms with van der Waals surface area (Å²) >= 11 is 0. The molecule has 142 valence electrons. The molecule has 0 aliphatic rings. The van der Waals surface area contributed by atoms with Crippen LogP contribution in [0, 0.1) is 10.1 Å². The fraction of sp³-hybridized carbons (Fsp3) is 0.150. The first-order valence-corrected chi connectivity index (χ1v) is 8.46. The van der Waals surface area contributed by atoms with Gasteiger partial charge in [0.2, 0.25) is 0 Å². The number of nitrogens with zero attached hydrogens (tertiary/aromatic N) is 2. The maximum absolute atomic E-state index is 12.6. The Kier molecular flexibility index (Phi) is 5.59. The highest BCUT2D eigenvalue weighted by molar-refractivity contribution is 5.97. The number of nitrogens with one attached hydrogen (secondary N) is 1. The van der Waals surface area contributed by atoms with Crippen molar-refractivity contribution in [2.24, 2.45) is 0 Å². The first kappa shape index (κ1) is 19.0. The molecule has 28 heavy (non-hydrogen) atoms. The largest absolute Gasteiger partial charge is 0.467 e. The van der Waals surface area contributed by atoms with E-state index in [1.54, 1.807) is 18.2 Å². The monoisotopic (exact) mass is 379 g/mol. The second-order valence-corrected chi connectivity index (χ2v) is 6.07. The van der Waals surface area contributed by atoms with Crippen LogP contribution in [0.5, 0.6) is 0 Å². The van der Waals surface area contributed by atoms with Crippen LogP contribution in [0.25, 0.3) is 10.9 Å². The number of methoxy groups -OCH3 is 1. The van der Waals surface area contributed by atoms with Gasteiger partial charge in [-0.2, -0.15) is 0 Å². The minimum atomic E-state index is -0.952. The zero-order chi connectivity index (χ0) is 20.1. The standard InChI is InChI=1S/C20H17N3O5/c1-28-20(25)18(12-13-6-9-15(10-7-13)23(26)27)22-19(24)17-11-8-14-4-2-3-5-16(14)21-17/h2-11,18H,12H2,1H3,(H,22,24)/t18-/m1/s1. The van der Waals surface area contributed by atoms with Crippen molar-refractivity contribution in [1.29, 1.82) is 0 Å². The summed E-state index contributed by atoms with van der Waals surface area (Å²) in [5.74, 6) is -1.13. The van der Waals surface area contributed by atoms with Crippen molar-refractivity contribution < 1.29 is 19.2 Å². The molecular weight excluding hydrogens is 362 g/mol. The van der Waals surface area contributed by atoms with Crippen molar-refractivity contribution in [3.63, 3.8) is 0 Å². The molecule has 0 aliphatic heterocycles. The van der Waals surface area contributed by atoms with Crippen LogP contribution in [0.3, 0.4) is 0 Å². The van der Waals surface area contributed by atoms with Crippen LogP contribution in [0.1, 0.15) is 16.1 Å². The van der Waals surface area contributed by atoms with E-state index in [0.29, 0.717) is 11.1 Å². The fourth-order valence-electron chi connectivity index (χ4n) is 2.75. The van der Waals surface area contributed by atoms with Crippen LogP contribution in [-0.4, -0.2) is 34.9 Å². The van der Waals surface area contributed by atoms with Crippen molar-refractivity contribution in [1.82, 2.24) is 10.3 Å². The van der Waals surface area contributed by atoms with Gasteiger partial charge in [-0.1, -0.05) is 36.4 Å². The molecule has 1 heterocycles. The number of benzene rings is 2. The number of nitro groups is 1. The quantitative estimate of drug-likeness (QED) is 0.400. The summed E-state index contributed by atoms with van der Waals surface area (Å²) < 4.78 is 4.77. The maximum atomic E-state index is 12.6. The van der Waals surface area contributed by atoms with E-state index >= 15 is 0 Å². The SMILES string of the molecule is COC(=O)[C@@H](Cc1ccc([N+](=O)[O-])cc1)NC(=O)c1ccc2ccccc2n1. The van der Waals surface area contributed by atoms with E-state index in [2.05, 4.69) is 10.3 Å². The lowest BCUT2D eigenvalue weighted by atomic mass is 10.1. The van der Waals surface area contributed by atoms with Gasteiger partial charge >= 0.3 is 5.97 Å². The van der Waals surface area contributed by atoms with E-state index in [1.165, 1.54) is 31.4 Å². The highest BCUT2D eigenvalue weighted by Crippen LogP contribution is 2.15. The van der Waals surface area contributed by atoms with E-state index in [4.69, 9.17) is 4.74 Å². The van der Waals surface area contributed by atoms with Crippen LogP contribution in [-0.2, 0) is 16.0 Å². The number of aromatic nitrogens is 1. The van der Waals surface area contributed by atoms with Gasteiger partial charge in [0.05, 0.1) is 17.5 Å². The van der Waals surface area contributed by atoms with Gasteiger partial charge in [0, 0.05) is 23.9 Å². The van der Waals surface area contributed by atoms with E-state index in [1.807, 2.05) is 18.2 Å². The first-order valence-electron chi connectivity index (χ1n) is 8.46. The highest BCUT2D eigenvalue weighted by Gasteiger charge is 2.23. The number of non-ortho nitro benzene ring substituents is 1. The molecule has 0 radical (unpaired) electrons. The van der Waals surface area contributed by atoms with Gasteiger partial charge in [-0.3, -0.25) is 14.9 Å². The van der Waals surface area contributed by atoms with Gasteiger partial charge in [0.1, 0.15) is 11.7 Å². The lowest BCUT2D eigenvalue weighted by Gasteiger charge is -2.16. The molecule has 0 bridgehead atoms. The second kappa shape index (κ2) is 8.26. The third kappa shape index (κ3) is 4.29. The topological polar surface area (TPSA) is 111 Å². The van der Waals surface area contributed by atoms with Crippen LogP contribution >= 0.6 is 0 Å². The average molecular weight is 379 g/mol. The molecular formula is C20H17N3O5. The number of rotatable bonds is 6. The lowest BCUT2D eigenvalue weighted by molar-refractivity contribution is -0.384. The molecule has 3 rings (SSSR count). The van der Waals surface area contributed by atoms with Crippen LogP contribution < -0.4 is 5.32 Å². The molecule has 1 amide bonds. The summed E-state index contributed by atoms with van der Waals surface area (Å²) in [5, 5.41) is 14.3. The third-order valence-electron chi connectivity index (χ3n) is 4.21. The van der Waals surface area contributed by atoms with Crippen molar-refractivity contribution in [2.75, 3.05) is 7.11 Å². The van der Waals surface area contributed by atoms with Crippen molar-refractivity contribution in [3.05, 3.63) is 82.0 Å². The Morgan fingerprint density at radius 3 is 2.50 bits per heavy atom. The van der Waals surface area contributed by atoms with Crippen LogP contribution in [0.2, 0.25) is 0 Å². The molecule has 8 heteroatoms. The normalized spacial score (nSPS) is 11.6. The lowest BCUT2D eigenvalue weighted by Crippen LogP contribution is -2.43. The summed E-state index contributed by atoms with van der Waals surface area (Å²) in [4.78, 5) is 39.2. The fourth-order valence-corrected chi connectivity index (χ4v) is 2.75. The molecule has 0 unspecified atom stereocenters. The van der Waals surface area contributed by atoms with Gasteiger partial charge < -0.3 is 10.1 Å². The number of hydrogen-bond donors (Lipinski definition) is 1. The Balaban J connectivity index is 1.78. The number of ether oxygens (including phenoxy) is 1. The summed E-state index contributed by atoms with van der Waals surface area (Å²) in [7, 11) is 1.23. The Hall–Kier alpha value is -3.81. The highest BCUT2D eigenvalue weighted by atomic mass is 16.6. The summed E-state index contributed by atoms with van der Waals surface area (Å²) in [5.41, 5.74) is 1.44. The molecule has 0 aliphatic carbocycles. The van der Waals surface area contributed by atoms with Gasteiger partial charge in [0.15, 0.2) is 0 Å². The number of esters is 1. The number of para-hydroxylation sites is 1. The van der Waals surface area contributed by atoms with Gasteiger partial charge in [-0.05, 0) is 17.7 Å². The first-order chi connectivity index (χ1) is 13.5. The number of nitro benzene ring substituents is 1. The number of fused-ring (bicyclic) bond motifs is 1. The Labute approximate surface area is 160 Å². The molecule has 0 saturated carbocycles. The number of carbonyl (C=O) groups is 2. The molecule has 8 nitrogen and oxygen atoms in total. The minimum absolute atomic E-state index is 0.0530. The number of amides is 1. The number of pyridine rings is 1. The Morgan fingerprint density at radius 2 is 1.82 bits per heavy atom. The Morgan fingerprint density at radius 1 is 1.11 bits per heavy atom. The molecule has 1 aromatic heterocycles. The molecule has 0 spiro atoms. The predicted molar refractivity (Wildman–Crippen MR) is 102 cm³/mol. The molecule has 0 saturated heterocycles. The van der Waals surface area contributed by atoms with Crippen LogP contribution in [0.15, 0.2) is 60.7 Å². The van der Waals surface area contributed by atoms with Crippen molar-refractivity contribution in [2.45, 2.75) is 12.5 Å². The average Bonchev–Trinajstić information content (AvgIpc) is 2.72. The van der Waals surface area contributed by atoms with E-state index in [9.17, 15) is 19.7 Å². The maximum Gasteiger partial charge on any atom is 0.328 e. The molecule has 0 fully saturated rings. The molecule has 1 N–H and O–H groups in total. The van der Waals surface area contributed by atoms with Gasteiger partial charge in [-0.25, -0.2) is 9.78 Å². The van der Waals surface area contributed by atoms with Gasteiger partial charge in [-0.15, -0.1) is 0 Å². The van der Waals surface area contributed by atoms with E-state index in [-0.39, 0.29) is 17.8 Å². The second-order valence-electron chi connectivity index (χ2n) is 6.07. The molecule has 1 atom stereocenters. The predicted octanol–water partition coefficient (Wildman–Crippen LogP) is 2.66. The van der Waals surface area contributed by atoms with Crippen molar-refractivity contribution in [3.8, 4) is 0 Å². The van der Waals surface area contributed by atoms with Crippen LogP contribution in [0.4, 0.5) is 5.69 Å². The summed E-state index contributed by atoms with van der Waals surface area (Å²) in [6, 6.07) is 15.5. The van der Waals surface area contributed by atoms with E-state index < -0.39 is 22.8 Å². The number of carbonyl (C=O) groups excluding carboxylic acids is 2. The summed E-state index contributed by atoms with van der Waals surface area (Å²) in [6.07, 6.45) is 0.129. The Bertz CT molecular complexity index is 1030. The zero-order valence-electron chi connectivity index (χ0n) is 15.0. The molecule has 2 aromatic carbocycles. The summed E-state index contributed by atoms with van der Waals surface area (Å²) in [6.45, 7) is 0. The van der Waals surface area contributed by atoms with Crippen molar-refractivity contribution >= 4 is 28.5 Å². The van der Waals surface area contributed by atoms with E-state index in [0.717, 1.165) is 5.39 Å². The number of hydrogen-bond acceptors (Lipinski definition) is 6. The smallest absolute Gasteiger partial charge is 0.328 e. The minimum Gasteiger partial charge on any atom is -0.467 e. The van der Waals surface area contributed by atoms with Gasteiger partial charge in [0.25, 0.3) is 11.6 Å². The third-order valence-corrected chi connectivity index (χ3v) is 4.21. The molecule has 3 aromatic rings. The zero-order valence-corrected chi connectivity index (χ0v) is 15.0.